The number of benzene rings is 2. The largest absolute Gasteiger partial charge is 0.490 e. The van der Waals surface area contributed by atoms with E-state index in [1.54, 1.807) is 18.2 Å². The van der Waals surface area contributed by atoms with Gasteiger partial charge in [-0.3, -0.25) is 4.79 Å². The number of hydrogen-bond acceptors (Lipinski definition) is 6. The molecule has 0 bridgehead atoms. The van der Waals surface area contributed by atoms with Crippen molar-refractivity contribution in [1.82, 2.24) is 0 Å². The molecule has 2 aromatic carbocycles. The Bertz CT molecular complexity index is 912. The van der Waals surface area contributed by atoms with Crippen LogP contribution < -0.4 is 14.8 Å². The number of amides is 1. The number of anilines is 1. The highest BCUT2D eigenvalue weighted by atomic mass is 32.2. The summed E-state index contributed by atoms with van der Waals surface area (Å²) in [6, 6.07) is 11.9. The molecule has 3 rings (SSSR count). The number of carbonyl (C=O) groups excluding carboxylic acids is 1. The Morgan fingerprint density at radius 3 is 2.62 bits per heavy atom. The van der Waals surface area contributed by atoms with Gasteiger partial charge >= 0.3 is 0 Å². The van der Waals surface area contributed by atoms with Gasteiger partial charge in [-0.05, 0) is 30.3 Å². The topological polar surface area (TPSA) is 81.7 Å². The van der Waals surface area contributed by atoms with Crippen LogP contribution in [0.2, 0.25) is 0 Å². The van der Waals surface area contributed by atoms with E-state index in [2.05, 4.69) is 5.32 Å². The van der Waals surface area contributed by atoms with E-state index >= 15 is 0 Å². The van der Waals surface area contributed by atoms with Crippen LogP contribution in [0.4, 0.5) is 5.69 Å². The molecule has 1 aliphatic rings. The van der Waals surface area contributed by atoms with Gasteiger partial charge in [0.1, 0.15) is 0 Å². The first-order chi connectivity index (χ1) is 12.4. The Balaban J connectivity index is 1.64. The van der Waals surface area contributed by atoms with Gasteiger partial charge in [-0.1, -0.05) is 12.1 Å². The molecule has 6 nitrogen and oxygen atoms in total. The summed E-state index contributed by atoms with van der Waals surface area (Å²) in [6.45, 7) is 1.23. The van der Waals surface area contributed by atoms with E-state index in [0.717, 1.165) is 17.6 Å². The molecular weight excluding hydrogens is 374 g/mol. The van der Waals surface area contributed by atoms with Crippen LogP contribution in [0.25, 0.3) is 0 Å². The average molecular weight is 393 g/mol. The van der Waals surface area contributed by atoms with Crippen LogP contribution in [0.15, 0.2) is 52.3 Å². The van der Waals surface area contributed by atoms with E-state index in [-0.39, 0.29) is 16.6 Å². The van der Waals surface area contributed by atoms with E-state index in [1.165, 1.54) is 17.8 Å². The zero-order valence-corrected chi connectivity index (χ0v) is 15.9. The third-order valence-corrected chi connectivity index (χ3v) is 5.80. The minimum absolute atomic E-state index is 0.105. The van der Waals surface area contributed by atoms with Gasteiger partial charge in [0.15, 0.2) is 21.3 Å². The third kappa shape index (κ3) is 4.70. The molecule has 26 heavy (non-hydrogen) atoms. The van der Waals surface area contributed by atoms with Crippen molar-refractivity contribution in [2.75, 3.05) is 30.5 Å². The molecule has 1 aliphatic heterocycles. The number of nitrogens with one attached hydrogen (secondary N) is 1. The Hall–Kier alpha value is -2.19. The first-order valence-corrected chi connectivity index (χ1v) is 10.9. The van der Waals surface area contributed by atoms with Crippen molar-refractivity contribution in [3.63, 3.8) is 0 Å². The molecule has 1 amide bonds. The minimum atomic E-state index is -3.41. The minimum Gasteiger partial charge on any atom is -0.490 e. The number of carbonyl (C=O) groups is 1. The molecule has 0 radical (unpaired) electrons. The summed E-state index contributed by atoms with van der Waals surface area (Å²) in [6.07, 6.45) is 1.95. The summed E-state index contributed by atoms with van der Waals surface area (Å²) in [7, 11) is -3.41. The number of rotatable bonds is 5. The van der Waals surface area contributed by atoms with Crippen molar-refractivity contribution in [3.8, 4) is 11.5 Å². The summed E-state index contributed by atoms with van der Waals surface area (Å²) in [5.41, 5.74) is 0.291. The van der Waals surface area contributed by atoms with Crippen molar-refractivity contribution in [3.05, 3.63) is 42.5 Å². The first kappa shape index (κ1) is 18.6. The molecule has 2 aromatic rings. The van der Waals surface area contributed by atoms with Gasteiger partial charge in [0.05, 0.1) is 29.5 Å². The van der Waals surface area contributed by atoms with E-state index in [1.807, 2.05) is 18.2 Å². The second-order valence-electron chi connectivity index (χ2n) is 5.76. The Morgan fingerprint density at radius 1 is 1.12 bits per heavy atom. The molecule has 0 saturated carbocycles. The molecule has 0 saturated heterocycles. The SMILES string of the molecule is CS(=O)(=O)c1ccccc1NC(=O)CSc1ccc2c(c1)OCCCO2. The lowest BCUT2D eigenvalue weighted by molar-refractivity contribution is -0.113. The summed E-state index contributed by atoms with van der Waals surface area (Å²) in [5, 5.41) is 2.66. The zero-order valence-electron chi connectivity index (χ0n) is 14.2. The highest BCUT2D eigenvalue weighted by molar-refractivity contribution is 8.00. The molecule has 1 heterocycles. The van der Waals surface area contributed by atoms with Crippen molar-refractivity contribution in [1.29, 1.82) is 0 Å². The fourth-order valence-corrected chi connectivity index (χ4v) is 4.03. The van der Waals surface area contributed by atoms with Crippen molar-refractivity contribution < 1.29 is 22.7 Å². The molecule has 0 fully saturated rings. The smallest absolute Gasteiger partial charge is 0.234 e. The molecule has 0 spiro atoms. The Kier molecular flexibility index (Phi) is 5.73. The van der Waals surface area contributed by atoms with Gasteiger partial charge < -0.3 is 14.8 Å². The lowest BCUT2D eigenvalue weighted by Gasteiger charge is -2.11. The lowest BCUT2D eigenvalue weighted by atomic mass is 10.3. The van der Waals surface area contributed by atoms with Crippen molar-refractivity contribution in [2.24, 2.45) is 0 Å². The van der Waals surface area contributed by atoms with E-state index < -0.39 is 9.84 Å². The normalized spacial score (nSPS) is 13.7. The zero-order chi connectivity index (χ0) is 18.6. The lowest BCUT2D eigenvalue weighted by Crippen LogP contribution is -2.16. The number of ether oxygens (including phenoxy) is 2. The van der Waals surface area contributed by atoms with Gasteiger partial charge in [0.2, 0.25) is 5.91 Å². The Morgan fingerprint density at radius 2 is 1.85 bits per heavy atom. The fourth-order valence-electron chi connectivity index (χ4n) is 2.46. The number of sulfone groups is 1. The predicted octanol–water partition coefficient (Wildman–Crippen LogP) is 2.98. The van der Waals surface area contributed by atoms with E-state index in [4.69, 9.17) is 9.47 Å². The van der Waals surface area contributed by atoms with Crippen molar-refractivity contribution >= 4 is 33.2 Å². The molecule has 0 aromatic heterocycles. The Labute approximate surface area is 156 Å². The third-order valence-electron chi connectivity index (χ3n) is 3.65. The first-order valence-electron chi connectivity index (χ1n) is 8.05. The predicted molar refractivity (Wildman–Crippen MR) is 101 cm³/mol. The molecule has 138 valence electrons. The number of thioether (sulfide) groups is 1. The van der Waals surface area contributed by atoms with Gasteiger partial charge in [-0.25, -0.2) is 8.42 Å². The average Bonchev–Trinajstić information content (AvgIpc) is 2.84. The summed E-state index contributed by atoms with van der Waals surface area (Å²) in [4.78, 5) is 13.2. The van der Waals surface area contributed by atoms with E-state index in [9.17, 15) is 13.2 Å². The number of hydrogen-bond donors (Lipinski definition) is 1. The summed E-state index contributed by atoms with van der Waals surface area (Å²) >= 11 is 1.34. The standard InChI is InChI=1S/C18H19NO5S2/c1-26(21,22)17-6-3-2-5-14(17)19-18(20)12-25-13-7-8-15-16(11-13)24-10-4-9-23-15/h2-3,5-8,11H,4,9-10,12H2,1H3,(H,19,20). The van der Waals surface area contributed by atoms with Gasteiger partial charge in [-0.2, -0.15) is 0 Å². The van der Waals surface area contributed by atoms with Crippen molar-refractivity contribution in [2.45, 2.75) is 16.2 Å². The summed E-state index contributed by atoms with van der Waals surface area (Å²) < 4.78 is 34.8. The molecule has 0 aliphatic carbocycles. The molecule has 0 atom stereocenters. The highest BCUT2D eigenvalue weighted by Crippen LogP contribution is 2.34. The van der Waals surface area contributed by atoms with Crippen LogP contribution >= 0.6 is 11.8 Å². The molecule has 0 unspecified atom stereocenters. The van der Waals surface area contributed by atoms with E-state index in [0.29, 0.717) is 30.4 Å². The maximum Gasteiger partial charge on any atom is 0.234 e. The van der Waals surface area contributed by atoms with Gasteiger partial charge in [-0.15, -0.1) is 11.8 Å². The van der Waals surface area contributed by atoms with Gasteiger partial charge in [0.25, 0.3) is 0 Å². The van der Waals surface area contributed by atoms with Crippen LogP contribution in [0, 0.1) is 0 Å². The monoisotopic (exact) mass is 393 g/mol. The maximum atomic E-state index is 12.2. The quantitative estimate of drug-likeness (QED) is 0.787. The highest BCUT2D eigenvalue weighted by Gasteiger charge is 2.15. The van der Waals surface area contributed by atoms with Crippen LogP contribution in [-0.2, 0) is 14.6 Å². The maximum absolute atomic E-state index is 12.2. The molecular formula is C18H19NO5S2. The van der Waals surface area contributed by atoms with Crippen LogP contribution in [0.3, 0.4) is 0 Å². The summed E-state index contributed by atoms with van der Waals surface area (Å²) in [5.74, 6) is 1.25. The van der Waals surface area contributed by atoms with Crippen LogP contribution in [0.1, 0.15) is 6.42 Å². The van der Waals surface area contributed by atoms with Crippen LogP contribution in [-0.4, -0.2) is 39.5 Å². The molecule has 1 N–H and O–H groups in total. The second-order valence-corrected chi connectivity index (χ2v) is 8.80. The second kappa shape index (κ2) is 8.01. The van der Waals surface area contributed by atoms with Gasteiger partial charge in [0, 0.05) is 17.6 Å². The van der Waals surface area contributed by atoms with Crippen LogP contribution in [0.5, 0.6) is 11.5 Å². The number of para-hydroxylation sites is 1. The molecule has 8 heteroatoms. The number of fused-ring (bicyclic) bond motifs is 1. The fraction of sp³-hybridized carbons (Fsp3) is 0.278.